The van der Waals surface area contributed by atoms with E-state index in [2.05, 4.69) is 21.2 Å². The van der Waals surface area contributed by atoms with E-state index in [0.717, 1.165) is 42.0 Å². The number of aryl methyl sites for hydroxylation is 1. The number of nitrogens with zero attached hydrogens (tertiary/aromatic N) is 1. The first-order chi connectivity index (χ1) is 9.20. The summed E-state index contributed by atoms with van der Waals surface area (Å²) in [6, 6.07) is 5.89. The van der Waals surface area contributed by atoms with Crippen LogP contribution < -0.4 is 10.1 Å². The molecule has 1 fully saturated rings. The third-order valence-corrected chi connectivity index (χ3v) is 3.81. The molecule has 0 saturated carbocycles. The van der Waals surface area contributed by atoms with Gasteiger partial charge in [-0.2, -0.15) is 0 Å². The Morgan fingerprint density at radius 1 is 1.42 bits per heavy atom. The molecule has 19 heavy (non-hydrogen) atoms. The standard InChI is InChI=1S/C14H19BrN2O2/c1-19-13-4-3-12(15)10-11(13)2-5-14(18)17-8-6-16-7-9-17/h3-4,10,16H,2,5-9H2,1H3. The van der Waals surface area contributed by atoms with Crippen LogP contribution in [0.1, 0.15) is 12.0 Å². The number of carbonyl (C=O) groups excluding carboxylic acids is 1. The lowest BCUT2D eigenvalue weighted by molar-refractivity contribution is -0.131. The Hall–Kier alpha value is -1.07. The molecule has 0 aromatic heterocycles. The summed E-state index contributed by atoms with van der Waals surface area (Å²) in [5.41, 5.74) is 1.07. The summed E-state index contributed by atoms with van der Waals surface area (Å²) in [5, 5.41) is 3.25. The Labute approximate surface area is 122 Å². The van der Waals surface area contributed by atoms with Gasteiger partial charge in [-0.05, 0) is 30.2 Å². The minimum Gasteiger partial charge on any atom is -0.496 e. The van der Waals surface area contributed by atoms with E-state index in [1.54, 1.807) is 7.11 Å². The zero-order valence-electron chi connectivity index (χ0n) is 11.1. The SMILES string of the molecule is COc1ccc(Br)cc1CCC(=O)N1CCNCC1. The van der Waals surface area contributed by atoms with Crippen LogP contribution in [0.5, 0.6) is 5.75 Å². The first kappa shape index (κ1) is 14.3. The van der Waals surface area contributed by atoms with Crippen molar-refractivity contribution in [1.29, 1.82) is 0 Å². The zero-order chi connectivity index (χ0) is 13.7. The van der Waals surface area contributed by atoms with E-state index in [9.17, 15) is 4.79 Å². The Morgan fingerprint density at radius 2 is 2.16 bits per heavy atom. The van der Waals surface area contributed by atoms with Crippen molar-refractivity contribution in [3.05, 3.63) is 28.2 Å². The van der Waals surface area contributed by atoms with Crippen LogP contribution in [0.2, 0.25) is 0 Å². The minimum atomic E-state index is 0.225. The molecule has 1 amide bonds. The average molecular weight is 327 g/mol. The maximum Gasteiger partial charge on any atom is 0.222 e. The molecule has 5 heteroatoms. The normalized spacial score (nSPS) is 15.4. The van der Waals surface area contributed by atoms with E-state index < -0.39 is 0 Å². The van der Waals surface area contributed by atoms with Gasteiger partial charge in [-0.25, -0.2) is 0 Å². The van der Waals surface area contributed by atoms with Gasteiger partial charge in [0.1, 0.15) is 5.75 Å². The van der Waals surface area contributed by atoms with Crippen molar-refractivity contribution in [2.24, 2.45) is 0 Å². The number of benzene rings is 1. The molecule has 1 heterocycles. The quantitative estimate of drug-likeness (QED) is 0.917. The molecule has 104 valence electrons. The summed E-state index contributed by atoms with van der Waals surface area (Å²) in [7, 11) is 1.66. The van der Waals surface area contributed by atoms with Crippen molar-refractivity contribution < 1.29 is 9.53 Å². The molecule has 0 atom stereocenters. The number of ether oxygens (including phenoxy) is 1. The van der Waals surface area contributed by atoms with Gasteiger partial charge in [0.2, 0.25) is 5.91 Å². The van der Waals surface area contributed by atoms with Crippen molar-refractivity contribution >= 4 is 21.8 Å². The number of amides is 1. The Bertz CT molecular complexity index is 445. The van der Waals surface area contributed by atoms with Crippen LogP contribution in [-0.4, -0.2) is 44.1 Å². The lowest BCUT2D eigenvalue weighted by Gasteiger charge is -2.27. The van der Waals surface area contributed by atoms with E-state index >= 15 is 0 Å². The number of carbonyl (C=O) groups is 1. The highest BCUT2D eigenvalue weighted by Gasteiger charge is 2.16. The monoisotopic (exact) mass is 326 g/mol. The van der Waals surface area contributed by atoms with Gasteiger partial charge in [0.05, 0.1) is 7.11 Å². The molecule has 0 radical (unpaired) electrons. The molecule has 0 bridgehead atoms. The first-order valence-corrected chi connectivity index (χ1v) is 7.31. The predicted octanol–water partition coefficient (Wildman–Crippen LogP) is 1.82. The number of halogens is 1. The topological polar surface area (TPSA) is 41.6 Å². The second-order valence-electron chi connectivity index (χ2n) is 4.59. The number of methoxy groups -OCH3 is 1. The minimum absolute atomic E-state index is 0.225. The average Bonchev–Trinajstić information content (AvgIpc) is 2.46. The van der Waals surface area contributed by atoms with Gasteiger partial charge in [0.25, 0.3) is 0 Å². The van der Waals surface area contributed by atoms with Gasteiger partial charge >= 0.3 is 0 Å². The fraction of sp³-hybridized carbons (Fsp3) is 0.500. The molecule has 0 unspecified atom stereocenters. The molecule has 2 rings (SSSR count). The highest BCUT2D eigenvalue weighted by atomic mass is 79.9. The lowest BCUT2D eigenvalue weighted by Crippen LogP contribution is -2.46. The van der Waals surface area contributed by atoms with Crippen LogP contribution in [0.3, 0.4) is 0 Å². The molecule has 4 nitrogen and oxygen atoms in total. The molecule has 1 aromatic carbocycles. The molecular weight excluding hydrogens is 308 g/mol. The number of piperazine rings is 1. The Balaban J connectivity index is 1.94. The van der Waals surface area contributed by atoms with Crippen molar-refractivity contribution in [3.63, 3.8) is 0 Å². The Kier molecular flexibility index (Phi) is 5.22. The number of rotatable bonds is 4. The molecule has 1 N–H and O–H groups in total. The van der Waals surface area contributed by atoms with Crippen LogP contribution in [-0.2, 0) is 11.2 Å². The van der Waals surface area contributed by atoms with Crippen molar-refractivity contribution in [2.75, 3.05) is 33.3 Å². The van der Waals surface area contributed by atoms with E-state index in [0.29, 0.717) is 12.8 Å². The van der Waals surface area contributed by atoms with Gasteiger partial charge in [-0.3, -0.25) is 4.79 Å². The third kappa shape index (κ3) is 3.94. The summed E-state index contributed by atoms with van der Waals surface area (Å²) >= 11 is 3.45. The van der Waals surface area contributed by atoms with Crippen molar-refractivity contribution in [2.45, 2.75) is 12.8 Å². The summed E-state index contributed by atoms with van der Waals surface area (Å²) in [6.45, 7) is 3.42. The van der Waals surface area contributed by atoms with Crippen LogP contribution in [0.25, 0.3) is 0 Å². The zero-order valence-corrected chi connectivity index (χ0v) is 12.7. The first-order valence-electron chi connectivity index (χ1n) is 6.51. The molecular formula is C14H19BrN2O2. The third-order valence-electron chi connectivity index (χ3n) is 3.32. The van der Waals surface area contributed by atoms with Crippen molar-refractivity contribution in [3.8, 4) is 5.75 Å². The van der Waals surface area contributed by atoms with Gasteiger partial charge in [-0.15, -0.1) is 0 Å². The van der Waals surface area contributed by atoms with Gasteiger partial charge in [-0.1, -0.05) is 15.9 Å². The highest BCUT2D eigenvalue weighted by molar-refractivity contribution is 9.10. The fourth-order valence-electron chi connectivity index (χ4n) is 2.26. The molecule has 0 spiro atoms. The van der Waals surface area contributed by atoms with E-state index in [1.807, 2.05) is 23.1 Å². The van der Waals surface area contributed by atoms with Crippen LogP contribution in [0.15, 0.2) is 22.7 Å². The number of hydrogen-bond donors (Lipinski definition) is 1. The summed E-state index contributed by atoms with van der Waals surface area (Å²) in [4.78, 5) is 14.0. The molecule has 1 aromatic rings. The smallest absolute Gasteiger partial charge is 0.222 e. The maximum atomic E-state index is 12.1. The number of hydrogen-bond acceptors (Lipinski definition) is 3. The number of nitrogens with one attached hydrogen (secondary N) is 1. The predicted molar refractivity (Wildman–Crippen MR) is 78.5 cm³/mol. The Morgan fingerprint density at radius 3 is 2.84 bits per heavy atom. The summed E-state index contributed by atoms with van der Waals surface area (Å²) in [5.74, 6) is 1.07. The van der Waals surface area contributed by atoms with E-state index in [1.165, 1.54) is 0 Å². The van der Waals surface area contributed by atoms with Gasteiger partial charge in [0, 0.05) is 37.1 Å². The second-order valence-corrected chi connectivity index (χ2v) is 5.50. The van der Waals surface area contributed by atoms with E-state index in [4.69, 9.17) is 4.74 Å². The fourth-order valence-corrected chi connectivity index (χ4v) is 2.66. The van der Waals surface area contributed by atoms with Crippen molar-refractivity contribution in [1.82, 2.24) is 10.2 Å². The van der Waals surface area contributed by atoms with Crippen LogP contribution in [0.4, 0.5) is 0 Å². The summed E-state index contributed by atoms with van der Waals surface area (Å²) in [6.07, 6.45) is 1.25. The second kappa shape index (κ2) is 6.91. The van der Waals surface area contributed by atoms with Gasteiger partial charge in [0.15, 0.2) is 0 Å². The van der Waals surface area contributed by atoms with Crippen LogP contribution in [0, 0.1) is 0 Å². The molecule has 1 saturated heterocycles. The van der Waals surface area contributed by atoms with Gasteiger partial charge < -0.3 is 15.0 Å². The lowest BCUT2D eigenvalue weighted by atomic mass is 10.1. The molecule has 1 aliphatic heterocycles. The van der Waals surface area contributed by atoms with Crippen LogP contribution >= 0.6 is 15.9 Å². The highest BCUT2D eigenvalue weighted by Crippen LogP contribution is 2.24. The van der Waals surface area contributed by atoms with E-state index in [-0.39, 0.29) is 5.91 Å². The maximum absolute atomic E-state index is 12.1. The molecule has 0 aliphatic carbocycles. The largest absolute Gasteiger partial charge is 0.496 e. The summed E-state index contributed by atoms with van der Waals surface area (Å²) < 4.78 is 6.33. The molecule has 1 aliphatic rings.